The summed E-state index contributed by atoms with van der Waals surface area (Å²) in [7, 11) is 1.21. The highest BCUT2D eigenvalue weighted by Gasteiger charge is 2.56. The lowest BCUT2D eigenvalue weighted by Gasteiger charge is -2.49. The molecule has 0 spiro atoms. The predicted molar refractivity (Wildman–Crippen MR) is 132 cm³/mol. The van der Waals surface area contributed by atoms with Crippen molar-refractivity contribution in [3.05, 3.63) is 79.9 Å². The molecule has 3 aromatic rings. The Morgan fingerprint density at radius 2 is 2.18 bits per heavy atom. The van der Waals surface area contributed by atoms with Crippen LogP contribution in [0, 0.1) is 5.82 Å². The van der Waals surface area contributed by atoms with Crippen molar-refractivity contribution in [3.8, 4) is 0 Å². The Kier molecular flexibility index (Phi) is 6.25. The Bertz CT molecular complexity index is 1460. The van der Waals surface area contributed by atoms with Crippen molar-refractivity contribution in [3.63, 3.8) is 0 Å². The van der Waals surface area contributed by atoms with Gasteiger partial charge in [-0.05, 0) is 12.1 Å². The molecule has 2 unspecified atom stereocenters. The van der Waals surface area contributed by atoms with Crippen LogP contribution in [0.25, 0.3) is 0 Å². The molecule has 2 N–H and O–H groups in total. The first kappa shape index (κ1) is 25.0. The van der Waals surface area contributed by atoms with Crippen LogP contribution in [0.3, 0.4) is 0 Å². The van der Waals surface area contributed by atoms with Gasteiger partial charge in [-0.25, -0.2) is 14.2 Å². The number of halogens is 4. The van der Waals surface area contributed by atoms with E-state index in [0.717, 1.165) is 6.07 Å². The van der Waals surface area contributed by atoms with Gasteiger partial charge >= 0.3 is 11.9 Å². The Morgan fingerprint density at radius 3 is 2.92 bits per heavy atom. The number of ether oxygens (including phenoxy) is 2. The van der Waals surface area contributed by atoms with Gasteiger partial charge in [-0.2, -0.15) is 13.9 Å². The van der Waals surface area contributed by atoms with Crippen LogP contribution in [0.2, 0.25) is 5.02 Å². The number of fused-ring (bicyclic) bond motifs is 4. The number of carbonyl (C=O) groups excluding carboxylic acids is 1. The quantitative estimate of drug-likeness (QED) is 0.455. The standard InChI is InChI=1S/C24H20ClF3N6O3S/c1-36-23(35)18-15(8-34-16-9-37-10-17(34)24(27,28)20-13(16)7-30-33-20)31-21(22-29-4-5-38-22)32-19(18)12-3-2-11(26)6-14(12)25/h2-7,16-17,19H,8-10H2,1H3,(H,30,33)(H,31,32)/t16?,17-,19?/m1/s1. The number of benzene rings is 1. The van der Waals surface area contributed by atoms with Crippen LogP contribution in [0.1, 0.15) is 33.9 Å². The molecule has 5 heterocycles. The third-order valence-corrected chi connectivity index (χ3v) is 8.00. The third kappa shape index (κ3) is 4.01. The Labute approximate surface area is 223 Å². The van der Waals surface area contributed by atoms with E-state index in [1.165, 1.54) is 36.8 Å². The molecule has 9 nitrogen and oxygen atoms in total. The molecular weight excluding hydrogens is 545 g/mol. The van der Waals surface area contributed by atoms with Gasteiger partial charge in [0.05, 0.1) is 38.1 Å². The van der Waals surface area contributed by atoms with Crippen LogP contribution in [0.15, 0.2) is 52.2 Å². The fraction of sp³-hybridized carbons (Fsp3) is 0.333. The summed E-state index contributed by atoms with van der Waals surface area (Å²) >= 11 is 7.70. The number of H-pyrrole nitrogens is 1. The van der Waals surface area contributed by atoms with Crippen LogP contribution in [-0.4, -0.2) is 64.8 Å². The summed E-state index contributed by atoms with van der Waals surface area (Å²) in [4.78, 5) is 23.8. The number of nitrogens with zero attached hydrogens (tertiary/aromatic N) is 4. The number of amidine groups is 1. The van der Waals surface area contributed by atoms with Gasteiger partial charge in [0.25, 0.3) is 0 Å². The monoisotopic (exact) mass is 564 g/mol. The van der Waals surface area contributed by atoms with Crippen molar-refractivity contribution < 1.29 is 27.4 Å². The number of morpholine rings is 1. The summed E-state index contributed by atoms with van der Waals surface area (Å²) in [6.45, 7) is -0.146. The van der Waals surface area contributed by atoms with Crippen LogP contribution >= 0.6 is 22.9 Å². The zero-order valence-corrected chi connectivity index (χ0v) is 21.3. The highest BCUT2D eigenvalue weighted by Crippen LogP contribution is 2.48. The first-order chi connectivity index (χ1) is 18.3. The molecule has 6 rings (SSSR count). The smallest absolute Gasteiger partial charge is 0.338 e. The van der Waals surface area contributed by atoms with Gasteiger partial charge in [0.15, 0.2) is 10.8 Å². The van der Waals surface area contributed by atoms with E-state index < -0.39 is 35.8 Å². The van der Waals surface area contributed by atoms with Crippen LogP contribution in [-0.2, 0) is 20.2 Å². The predicted octanol–water partition coefficient (Wildman–Crippen LogP) is 3.72. The van der Waals surface area contributed by atoms with E-state index in [-0.39, 0.29) is 36.0 Å². The first-order valence-corrected chi connectivity index (χ1v) is 12.8. The molecule has 3 aliphatic heterocycles. The maximum Gasteiger partial charge on any atom is 0.338 e. The van der Waals surface area contributed by atoms with Gasteiger partial charge < -0.3 is 14.8 Å². The Morgan fingerprint density at radius 1 is 1.34 bits per heavy atom. The highest BCUT2D eigenvalue weighted by atomic mass is 35.5. The minimum absolute atomic E-state index is 0.0534. The number of alkyl halides is 2. The average Bonchev–Trinajstić information content (AvgIpc) is 3.60. The maximum absolute atomic E-state index is 15.6. The molecule has 3 aliphatic rings. The maximum atomic E-state index is 15.6. The normalized spacial score (nSPS) is 24.4. The number of aromatic nitrogens is 3. The largest absolute Gasteiger partial charge is 0.466 e. The molecule has 38 heavy (non-hydrogen) atoms. The number of thiazole rings is 1. The van der Waals surface area contributed by atoms with E-state index in [4.69, 9.17) is 21.1 Å². The van der Waals surface area contributed by atoms with E-state index >= 15 is 8.78 Å². The number of rotatable bonds is 5. The number of aliphatic imine (C=N–C) groups is 1. The van der Waals surface area contributed by atoms with Gasteiger partial charge in [-0.3, -0.25) is 15.0 Å². The number of hydrogen-bond donors (Lipinski definition) is 2. The fourth-order valence-corrected chi connectivity index (χ4v) is 5.99. The van der Waals surface area contributed by atoms with E-state index in [1.807, 2.05) is 0 Å². The van der Waals surface area contributed by atoms with Gasteiger partial charge in [-0.15, -0.1) is 11.3 Å². The summed E-state index contributed by atoms with van der Waals surface area (Å²) in [6, 6.07) is 0.912. The lowest BCUT2D eigenvalue weighted by molar-refractivity contribution is -0.175. The molecule has 0 radical (unpaired) electrons. The number of methoxy groups -OCH3 is 1. The molecule has 1 saturated heterocycles. The van der Waals surface area contributed by atoms with Crippen LogP contribution < -0.4 is 5.32 Å². The Hall–Kier alpha value is -3.26. The summed E-state index contributed by atoms with van der Waals surface area (Å²) in [5, 5.41) is 11.8. The lowest BCUT2D eigenvalue weighted by atomic mass is 9.88. The van der Waals surface area contributed by atoms with Crippen molar-refractivity contribution in [1.82, 2.24) is 25.4 Å². The second-order valence-corrected chi connectivity index (χ2v) is 10.3. The summed E-state index contributed by atoms with van der Waals surface area (Å²) < 4.78 is 55.6. The fourth-order valence-electron chi connectivity index (χ4n) is 5.13. The zero-order chi connectivity index (χ0) is 26.6. The third-order valence-electron chi connectivity index (χ3n) is 6.90. The molecule has 0 aliphatic carbocycles. The van der Waals surface area contributed by atoms with E-state index in [9.17, 15) is 9.18 Å². The highest BCUT2D eigenvalue weighted by molar-refractivity contribution is 7.11. The molecule has 198 valence electrons. The number of hydrogen-bond acceptors (Lipinski definition) is 9. The number of carbonyl (C=O) groups is 1. The number of esters is 1. The zero-order valence-electron chi connectivity index (χ0n) is 19.8. The molecule has 2 aromatic heterocycles. The van der Waals surface area contributed by atoms with Crippen LogP contribution in [0.5, 0.6) is 0 Å². The van der Waals surface area contributed by atoms with Gasteiger partial charge in [0.2, 0.25) is 0 Å². The molecule has 0 saturated carbocycles. The van der Waals surface area contributed by atoms with Crippen molar-refractivity contribution in [2.75, 3.05) is 26.9 Å². The van der Waals surface area contributed by atoms with E-state index in [2.05, 4.69) is 25.5 Å². The molecule has 0 amide bonds. The number of nitrogens with one attached hydrogen (secondary N) is 2. The van der Waals surface area contributed by atoms with Gasteiger partial charge in [0.1, 0.15) is 23.6 Å². The van der Waals surface area contributed by atoms with Crippen molar-refractivity contribution in [1.29, 1.82) is 0 Å². The van der Waals surface area contributed by atoms with Crippen molar-refractivity contribution in [2.24, 2.45) is 4.99 Å². The average molecular weight is 565 g/mol. The summed E-state index contributed by atoms with van der Waals surface area (Å²) in [5.74, 6) is -4.24. The lowest BCUT2D eigenvalue weighted by Crippen LogP contribution is -2.59. The molecule has 1 fully saturated rings. The van der Waals surface area contributed by atoms with Crippen LogP contribution in [0.4, 0.5) is 13.2 Å². The minimum Gasteiger partial charge on any atom is -0.466 e. The minimum atomic E-state index is -3.28. The topological polar surface area (TPSA) is 105 Å². The molecule has 3 atom stereocenters. The van der Waals surface area contributed by atoms with Gasteiger partial charge in [0, 0.05) is 40.0 Å². The number of aromatic amines is 1. The molecule has 14 heteroatoms. The second kappa shape index (κ2) is 9.49. The molecule has 2 bridgehead atoms. The second-order valence-electron chi connectivity index (χ2n) is 8.96. The van der Waals surface area contributed by atoms with E-state index in [0.29, 0.717) is 27.7 Å². The Balaban J connectivity index is 1.49. The molecular formula is C24H20ClF3N6O3S. The SMILES string of the molecule is COC(=O)C1=C(CN2C3COC[C@@H]2C(F)(F)c2[nH]ncc23)NC(c2nccs2)=NC1c1ccc(F)cc1Cl. The van der Waals surface area contributed by atoms with Gasteiger partial charge in [-0.1, -0.05) is 17.7 Å². The van der Waals surface area contributed by atoms with Crippen molar-refractivity contribution in [2.45, 2.75) is 24.0 Å². The van der Waals surface area contributed by atoms with Crippen molar-refractivity contribution >= 4 is 34.7 Å². The molecule has 1 aromatic carbocycles. The summed E-state index contributed by atoms with van der Waals surface area (Å²) in [6.07, 6.45) is 2.97. The van der Waals surface area contributed by atoms with E-state index in [1.54, 1.807) is 16.5 Å². The summed E-state index contributed by atoms with van der Waals surface area (Å²) in [5.41, 5.74) is 0.815. The first-order valence-electron chi connectivity index (χ1n) is 11.6.